The van der Waals surface area contributed by atoms with Gasteiger partial charge in [-0.25, -0.2) is 0 Å². The van der Waals surface area contributed by atoms with E-state index in [1.807, 2.05) is 0 Å². The second-order valence-electron chi connectivity index (χ2n) is 6.09. The lowest BCUT2D eigenvalue weighted by Gasteiger charge is -2.44. The average Bonchev–Trinajstić information content (AvgIpc) is 2.96. The van der Waals surface area contributed by atoms with Crippen LogP contribution in [0.1, 0.15) is 25.7 Å². The molecule has 1 aliphatic carbocycles. The van der Waals surface area contributed by atoms with Crippen molar-refractivity contribution < 1.29 is 14.8 Å². The number of rotatable bonds is 5. The second-order valence-corrected chi connectivity index (χ2v) is 6.09. The Morgan fingerprint density at radius 2 is 2.27 bits per heavy atom. The van der Waals surface area contributed by atoms with Crippen molar-refractivity contribution in [2.75, 3.05) is 19.7 Å². The van der Waals surface area contributed by atoms with Crippen LogP contribution in [0.2, 0.25) is 0 Å². The molecular weight excluding hydrogens is 288 g/mol. The van der Waals surface area contributed by atoms with E-state index >= 15 is 0 Å². The predicted molar refractivity (Wildman–Crippen MR) is 78.5 cm³/mol. The maximum Gasteiger partial charge on any atom is 0.306 e. The number of aromatic nitrogens is 2. The van der Waals surface area contributed by atoms with Crippen LogP contribution in [0.3, 0.4) is 0 Å². The van der Waals surface area contributed by atoms with E-state index < -0.39 is 11.0 Å². The van der Waals surface area contributed by atoms with Gasteiger partial charge in [0.05, 0.1) is 30.3 Å². The number of morpholine rings is 1. The zero-order chi connectivity index (χ0) is 15.5. The summed E-state index contributed by atoms with van der Waals surface area (Å²) in [6, 6.07) is 0.393. The fourth-order valence-electron chi connectivity index (χ4n) is 3.49. The van der Waals surface area contributed by atoms with Crippen LogP contribution in [-0.2, 0) is 11.3 Å². The van der Waals surface area contributed by atoms with E-state index in [1.165, 1.54) is 29.9 Å². The first-order chi connectivity index (χ1) is 10.6. The van der Waals surface area contributed by atoms with Gasteiger partial charge in [0.1, 0.15) is 12.4 Å². The zero-order valence-corrected chi connectivity index (χ0v) is 12.5. The monoisotopic (exact) mass is 310 g/mol. The Morgan fingerprint density at radius 1 is 1.45 bits per heavy atom. The Bertz CT molecular complexity index is 519. The highest BCUT2D eigenvalue weighted by Gasteiger charge is 2.34. The van der Waals surface area contributed by atoms with Crippen molar-refractivity contribution in [2.45, 2.75) is 50.5 Å². The third kappa shape index (κ3) is 3.45. The molecule has 8 heteroatoms. The van der Waals surface area contributed by atoms with Crippen molar-refractivity contribution in [3.63, 3.8) is 0 Å². The molecule has 1 saturated carbocycles. The fourth-order valence-corrected chi connectivity index (χ4v) is 3.49. The highest BCUT2D eigenvalue weighted by Crippen LogP contribution is 2.28. The summed E-state index contributed by atoms with van der Waals surface area (Å²) in [6.07, 6.45) is 6.90. The number of nitrogens with zero attached hydrogens (tertiary/aromatic N) is 4. The number of hydrogen-bond donors (Lipinski definition) is 1. The predicted octanol–water partition coefficient (Wildman–Crippen LogP) is 0.796. The van der Waals surface area contributed by atoms with Gasteiger partial charge in [0.15, 0.2) is 0 Å². The van der Waals surface area contributed by atoms with Crippen LogP contribution in [0, 0.1) is 10.1 Å². The average molecular weight is 310 g/mol. The number of β-amino-alcohol motifs (C(OH)–C–C–N with tert-alkyl or cyclic N) is 1. The first-order valence-corrected chi connectivity index (χ1v) is 7.84. The molecule has 3 rings (SSSR count). The Hall–Kier alpha value is -1.51. The molecule has 1 saturated heterocycles. The number of aliphatic hydroxyl groups is 1. The quantitative estimate of drug-likeness (QED) is 0.638. The van der Waals surface area contributed by atoms with Crippen LogP contribution in [0.5, 0.6) is 0 Å². The summed E-state index contributed by atoms with van der Waals surface area (Å²) in [5.41, 5.74) is -0.0501. The molecule has 3 atom stereocenters. The van der Waals surface area contributed by atoms with Gasteiger partial charge in [0.25, 0.3) is 0 Å². The van der Waals surface area contributed by atoms with Gasteiger partial charge in [0.2, 0.25) is 0 Å². The molecule has 8 nitrogen and oxygen atoms in total. The molecule has 2 aliphatic rings. The molecule has 1 aliphatic heterocycles. The standard InChI is InChI=1S/C14H22N4O4/c19-12(10-17-8-11(7-15-17)18(20)21)9-16-5-6-22-14-4-2-1-3-13(14)16/h7-8,12-14,19H,1-6,9-10H2. The van der Waals surface area contributed by atoms with E-state index in [0.717, 1.165) is 19.4 Å². The minimum atomic E-state index is -0.597. The molecule has 2 fully saturated rings. The smallest absolute Gasteiger partial charge is 0.306 e. The first kappa shape index (κ1) is 15.4. The van der Waals surface area contributed by atoms with Crippen LogP contribution >= 0.6 is 0 Å². The van der Waals surface area contributed by atoms with Gasteiger partial charge in [-0.05, 0) is 12.8 Å². The number of ether oxygens (including phenoxy) is 1. The van der Waals surface area contributed by atoms with Gasteiger partial charge < -0.3 is 9.84 Å². The minimum absolute atomic E-state index is 0.0501. The fraction of sp³-hybridized carbons (Fsp3) is 0.786. The van der Waals surface area contributed by atoms with Gasteiger partial charge in [-0.3, -0.25) is 19.7 Å². The summed E-state index contributed by atoms with van der Waals surface area (Å²) in [5.74, 6) is 0. The van der Waals surface area contributed by atoms with Crippen LogP contribution in [-0.4, -0.2) is 62.7 Å². The maximum atomic E-state index is 10.6. The highest BCUT2D eigenvalue weighted by atomic mass is 16.6. The lowest BCUT2D eigenvalue weighted by molar-refractivity contribution is -0.385. The number of aliphatic hydroxyl groups excluding tert-OH is 1. The molecule has 0 amide bonds. The van der Waals surface area contributed by atoms with Gasteiger partial charge in [-0.15, -0.1) is 0 Å². The lowest BCUT2D eigenvalue weighted by Crippen LogP contribution is -2.54. The molecule has 1 aromatic rings. The van der Waals surface area contributed by atoms with E-state index in [9.17, 15) is 15.2 Å². The van der Waals surface area contributed by atoms with Crippen molar-refractivity contribution >= 4 is 5.69 Å². The Balaban J connectivity index is 1.55. The van der Waals surface area contributed by atoms with Crippen LogP contribution in [0.4, 0.5) is 5.69 Å². The molecule has 2 heterocycles. The molecule has 0 radical (unpaired) electrons. The van der Waals surface area contributed by atoms with E-state index in [0.29, 0.717) is 25.3 Å². The molecule has 0 aromatic carbocycles. The molecule has 1 aromatic heterocycles. The lowest BCUT2D eigenvalue weighted by atomic mass is 9.90. The summed E-state index contributed by atoms with van der Waals surface area (Å²) >= 11 is 0. The second kappa shape index (κ2) is 6.72. The molecule has 3 unspecified atom stereocenters. The van der Waals surface area contributed by atoms with E-state index in [1.54, 1.807) is 0 Å². The van der Waals surface area contributed by atoms with Gasteiger partial charge >= 0.3 is 5.69 Å². The number of fused-ring (bicyclic) bond motifs is 1. The first-order valence-electron chi connectivity index (χ1n) is 7.84. The van der Waals surface area contributed by atoms with Crippen molar-refractivity contribution in [1.29, 1.82) is 0 Å². The summed E-state index contributed by atoms with van der Waals surface area (Å²) in [6.45, 7) is 2.36. The number of hydrogen-bond acceptors (Lipinski definition) is 6. The van der Waals surface area contributed by atoms with Crippen LogP contribution in [0.15, 0.2) is 12.4 Å². The minimum Gasteiger partial charge on any atom is -0.390 e. The van der Waals surface area contributed by atoms with Gasteiger partial charge in [-0.1, -0.05) is 12.8 Å². The summed E-state index contributed by atoms with van der Waals surface area (Å²) in [7, 11) is 0. The van der Waals surface area contributed by atoms with Crippen molar-refractivity contribution in [3.05, 3.63) is 22.5 Å². The Kier molecular flexibility index (Phi) is 4.70. The topological polar surface area (TPSA) is 93.7 Å². The summed E-state index contributed by atoms with van der Waals surface area (Å²) < 4.78 is 7.26. The molecule has 122 valence electrons. The molecular formula is C14H22N4O4. The molecule has 0 bridgehead atoms. The molecule has 22 heavy (non-hydrogen) atoms. The normalized spacial score (nSPS) is 27.3. The van der Waals surface area contributed by atoms with Gasteiger partial charge in [-0.2, -0.15) is 5.10 Å². The van der Waals surface area contributed by atoms with E-state index in [4.69, 9.17) is 4.74 Å². The van der Waals surface area contributed by atoms with Crippen molar-refractivity contribution in [2.24, 2.45) is 0 Å². The summed E-state index contributed by atoms with van der Waals surface area (Å²) in [4.78, 5) is 12.5. The number of nitro groups is 1. The van der Waals surface area contributed by atoms with Crippen molar-refractivity contribution in [1.82, 2.24) is 14.7 Å². The largest absolute Gasteiger partial charge is 0.390 e. The summed E-state index contributed by atoms with van der Waals surface area (Å²) in [5, 5.41) is 24.8. The maximum absolute atomic E-state index is 10.6. The Morgan fingerprint density at radius 3 is 3.05 bits per heavy atom. The SMILES string of the molecule is O=[N+]([O-])c1cnn(CC(O)CN2CCOC3CCCCC32)c1. The van der Waals surface area contributed by atoms with Crippen LogP contribution < -0.4 is 0 Å². The van der Waals surface area contributed by atoms with E-state index in [-0.39, 0.29) is 12.2 Å². The Labute approximate surface area is 128 Å². The van der Waals surface area contributed by atoms with E-state index in [2.05, 4.69) is 10.00 Å². The highest BCUT2D eigenvalue weighted by molar-refractivity contribution is 5.20. The van der Waals surface area contributed by atoms with Crippen LogP contribution in [0.25, 0.3) is 0 Å². The molecule has 1 N–H and O–H groups in total. The third-order valence-corrected chi connectivity index (χ3v) is 4.52. The third-order valence-electron chi connectivity index (χ3n) is 4.52. The zero-order valence-electron chi connectivity index (χ0n) is 12.5. The van der Waals surface area contributed by atoms with Crippen molar-refractivity contribution in [3.8, 4) is 0 Å². The van der Waals surface area contributed by atoms with Gasteiger partial charge in [0, 0.05) is 19.1 Å². The molecule has 0 spiro atoms.